The van der Waals surface area contributed by atoms with E-state index in [-0.39, 0.29) is 0 Å². The van der Waals surface area contributed by atoms with Crippen molar-refractivity contribution in [2.75, 3.05) is 12.5 Å². The van der Waals surface area contributed by atoms with Crippen molar-refractivity contribution >= 4 is 39.5 Å². The zero-order chi connectivity index (χ0) is 9.00. The maximum Gasteiger partial charge on any atom is 0.317 e. The van der Waals surface area contributed by atoms with Gasteiger partial charge in [-0.3, -0.25) is 0 Å². The molecule has 0 unspecified atom stereocenters. The lowest BCUT2D eigenvalue weighted by molar-refractivity contribution is 0.607. The molecule has 0 radical (unpaired) electrons. The van der Waals surface area contributed by atoms with Gasteiger partial charge in [-0.15, -0.1) is 0 Å². The van der Waals surface area contributed by atoms with Gasteiger partial charge in [-0.05, 0) is 0 Å². The molecular formula is C2H6Cl2O4S2. The lowest BCUT2D eigenvalue weighted by atomic mass is 11.9. The molecule has 8 heteroatoms. The van der Waals surface area contributed by atoms with Crippen molar-refractivity contribution in [1.82, 2.24) is 0 Å². The van der Waals surface area contributed by atoms with E-state index < -0.39 is 18.1 Å². The van der Waals surface area contributed by atoms with Crippen molar-refractivity contribution in [2.24, 2.45) is 0 Å². The summed E-state index contributed by atoms with van der Waals surface area (Å²) in [6, 6.07) is 0. The van der Waals surface area contributed by atoms with Crippen molar-refractivity contribution < 1.29 is 16.8 Å². The summed E-state index contributed by atoms with van der Waals surface area (Å²) in [6.45, 7) is 0. The summed E-state index contributed by atoms with van der Waals surface area (Å²) in [5.74, 6) is 0. The average Bonchev–Trinajstić information content (AvgIpc) is 1.12. The fourth-order valence-corrected chi connectivity index (χ4v) is 0. The highest BCUT2D eigenvalue weighted by Gasteiger charge is 1.88. The average molecular weight is 229 g/mol. The van der Waals surface area contributed by atoms with Gasteiger partial charge in [0.2, 0.25) is 0 Å². The third kappa shape index (κ3) is 2060. The fourth-order valence-electron chi connectivity index (χ4n) is 0. The van der Waals surface area contributed by atoms with Gasteiger partial charge in [0.15, 0.2) is 0 Å². The lowest BCUT2D eigenvalue weighted by Crippen LogP contribution is -1.86. The molecule has 0 rings (SSSR count). The van der Waals surface area contributed by atoms with Crippen LogP contribution >= 0.6 is 21.4 Å². The quantitative estimate of drug-likeness (QED) is 0.563. The third-order valence-electron chi connectivity index (χ3n) is 0. The zero-order valence-electron chi connectivity index (χ0n) is 5.21. The molecule has 0 bridgehead atoms. The Kier molecular flexibility index (Phi) is 5.73. The zero-order valence-corrected chi connectivity index (χ0v) is 8.35. The molecule has 0 saturated heterocycles. The fraction of sp³-hybridized carbons (Fsp3) is 1.00. The van der Waals surface area contributed by atoms with Crippen LogP contribution < -0.4 is 0 Å². The molecular weight excluding hydrogens is 223 g/mol. The van der Waals surface area contributed by atoms with E-state index in [1.54, 1.807) is 0 Å². The second-order valence-electron chi connectivity index (χ2n) is 1.52. The standard InChI is InChI=1S/C2H6O2S.Cl2O2S/c2*1-5(2,3)4/h1-2H3;. The van der Waals surface area contributed by atoms with Gasteiger partial charge in [-0.25, -0.2) is 8.42 Å². The summed E-state index contributed by atoms with van der Waals surface area (Å²) >= 11 is 0. The summed E-state index contributed by atoms with van der Waals surface area (Å²) in [6.07, 6.45) is 2.32. The molecule has 0 N–H and O–H groups in total. The highest BCUT2D eigenvalue weighted by Crippen LogP contribution is 1.98. The monoisotopic (exact) mass is 228 g/mol. The third-order valence-corrected chi connectivity index (χ3v) is 0. The molecule has 0 aromatic carbocycles. The molecule has 4 nitrogen and oxygen atoms in total. The van der Waals surface area contributed by atoms with Gasteiger partial charge in [0.05, 0.1) is 0 Å². The maximum absolute atomic E-state index is 9.63. The number of halogens is 2. The van der Waals surface area contributed by atoms with Gasteiger partial charge in [-0.1, -0.05) is 0 Å². The van der Waals surface area contributed by atoms with Gasteiger partial charge in [0, 0.05) is 33.9 Å². The Hall–Kier alpha value is 0.480. The SMILES string of the molecule is CS(C)(=O)=O.O=S(=O)(Cl)Cl. The maximum atomic E-state index is 9.63. The van der Waals surface area contributed by atoms with Crippen LogP contribution in [0.1, 0.15) is 0 Å². The van der Waals surface area contributed by atoms with E-state index in [2.05, 4.69) is 21.4 Å². The first-order valence-electron chi connectivity index (χ1n) is 1.79. The molecule has 0 amide bonds. The summed E-state index contributed by atoms with van der Waals surface area (Å²) in [5.41, 5.74) is 0. The normalized spacial score (nSPS) is 11.6. The van der Waals surface area contributed by atoms with Gasteiger partial charge in [0.1, 0.15) is 9.84 Å². The van der Waals surface area contributed by atoms with Crippen LogP contribution in [0.15, 0.2) is 0 Å². The molecule has 0 aliphatic heterocycles. The van der Waals surface area contributed by atoms with Crippen molar-refractivity contribution in [2.45, 2.75) is 0 Å². The number of rotatable bonds is 0. The van der Waals surface area contributed by atoms with E-state index in [1.165, 1.54) is 0 Å². The topological polar surface area (TPSA) is 68.3 Å². The first-order valence-corrected chi connectivity index (χ1v) is 7.23. The summed E-state index contributed by atoms with van der Waals surface area (Å²) in [7, 11) is 2.15. The van der Waals surface area contributed by atoms with Crippen LogP contribution in [-0.2, 0) is 18.1 Å². The van der Waals surface area contributed by atoms with Gasteiger partial charge in [-0.2, -0.15) is 8.42 Å². The van der Waals surface area contributed by atoms with Crippen molar-refractivity contribution in [1.29, 1.82) is 0 Å². The molecule has 64 valence electrons. The van der Waals surface area contributed by atoms with Crippen LogP contribution in [0.4, 0.5) is 0 Å². The van der Waals surface area contributed by atoms with E-state index in [1.807, 2.05) is 0 Å². The first kappa shape index (κ1) is 13.1. The van der Waals surface area contributed by atoms with Crippen LogP contribution in [0.25, 0.3) is 0 Å². The predicted octanol–water partition coefficient (Wildman–Crippen LogP) is 0.370. The Bertz CT molecular complexity index is 216. The van der Waals surface area contributed by atoms with E-state index in [0.29, 0.717) is 0 Å². The second kappa shape index (κ2) is 4.38. The van der Waals surface area contributed by atoms with Gasteiger partial charge >= 0.3 is 8.26 Å². The first-order chi connectivity index (χ1) is 4.00. The molecule has 0 spiro atoms. The lowest BCUT2D eigenvalue weighted by Gasteiger charge is -1.69. The van der Waals surface area contributed by atoms with Crippen molar-refractivity contribution in [3.05, 3.63) is 0 Å². The second-order valence-corrected chi connectivity index (χ2v) is 7.48. The molecule has 0 aliphatic carbocycles. The smallest absolute Gasteiger partial charge is 0.229 e. The van der Waals surface area contributed by atoms with Crippen LogP contribution in [0.3, 0.4) is 0 Å². The minimum absolute atomic E-state index is 1.16. The Morgan fingerprint density at radius 2 is 0.900 bits per heavy atom. The minimum atomic E-state index is -3.72. The van der Waals surface area contributed by atoms with Crippen LogP contribution in [0.2, 0.25) is 0 Å². The summed E-state index contributed by atoms with van der Waals surface area (Å²) < 4.78 is 37.6. The van der Waals surface area contributed by atoms with E-state index >= 15 is 0 Å². The van der Waals surface area contributed by atoms with E-state index in [4.69, 9.17) is 8.42 Å². The summed E-state index contributed by atoms with van der Waals surface area (Å²) in [5, 5.41) is 0. The molecule has 0 aromatic rings. The minimum Gasteiger partial charge on any atom is -0.229 e. The van der Waals surface area contributed by atoms with Crippen LogP contribution in [0.5, 0.6) is 0 Å². The van der Waals surface area contributed by atoms with Gasteiger partial charge < -0.3 is 0 Å². The van der Waals surface area contributed by atoms with Gasteiger partial charge in [0.25, 0.3) is 0 Å². The number of sulfone groups is 1. The molecule has 0 saturated carbocycles. The molecule has 10 heavy (non-hydrogen) atoms. The molecule has 0 heterocycles. The highest BCUT2D eigenvalue weighted by atomic mass is 36.0. The largest absolute Gasteiger partial charge is 0.317 e. The van der Waals surface area contributed by atoms with E-state index in [9.17, 15) is 8.42 Å². The summed E-state index contributed by atoms with van der Waals surface area (Å²) in [4.78, 5) is 0. The Balaban J connectivity index is 0. The van der Waals surface area contributed by atoms with Crippen molar-refractivity contribution in [3.63, 3.8) is 0 Å². The van der Waals surface area contributed by atoms with Crippen LogP contribution in [0, 0.1) is 0 Å². The van der Waals surface area contributed by atoms with Crippen molar-refractivity contribution in [3.8, 4) is 0 Å². The predicted molar refractivity (Wildman–Crippen MR) is 41.4 cm³/mol. The number of hydrogen-bond acceptors (Lipinski definition) is 4. The highest BCUT2D eigenvalue weighted by molar-refractivity contribution is 8.31. The van der Waals surface area contributed by atoms with E-state index in [0.717, 1.165) is 12.5 Å². The molecule has 0 atom stereocenters. The Morgan fingerprint density at radius 3 is 0.900 bits per heavy atom. The Labute approximate surface area is 69.0 Å². The Morgan fingerprint density at radius 1 is 0.900 bits per heavy atom. The molecule has 0 aliphatic rings. The van der Waals surface area contributed by atoms with Crippen LogP contribution in [-0.4, -0.2) is 29.3 Å². The number of hydrogen-bond donors (Lipinski definition) is 0. The molecule has 0 fully saturated rings. The molecule has 0 aromatic heterocycles.